The SMILES string of the molecule is CC(=O)O[C@H]1C[C@@]2(C)C(C[C@@H](O)[C@H]3[C@@]4(C)CCC(NCCN(CCN)CCN)[C@@H](C)C4CC[C@@]32C)/C1=C(\CCC=C(C)C)C(=O)O. The molecule has 0 spiro atoms. The van der Waals surface area contributed by atoms with E-state index < -0.39 is 18.2 Å². The lowest BCUT2D eigenvalue weighted by Crippen LogP contribution is -2.66. The Bertz CT molecular complexity index is 1160. The van der Waals surface area contributed by atoms with Crippen molar-refractivity contribution in [2.24, 2.45) is 51.4 Å². The second kappa shape index (κ2) is 14.8. The number of aliphatic hydroxyl groups excluding tert-OH is 1. The van der Waals surface area contributed by atoms with Crippen molar-refractivity contribution in [1.29, 1.82) is 0 Å². The van der Waals surface area contributed by atoms with E-state index in [9.17, 15) is 19.8 Å². The van der Waals surface area contributed by atoms with E-state index in [0.717, 1.165) is 63.0 Å². The maximum absolute atomic E-state index is 12.8. The Labute approximate surface area is 277 Å². The highest BCUT2D eigenvalue weighted by atomic mass is 16.5. The predicted octanol–water partition coefficient (Wildman–Crippen LogP) is 4.48. The second-order valence-corrected chi connectivity index (χ2v) is 16.1. The van der Waals surface area contributed by atoms with Crippen LogP contribution in [-0.2, 0) is 14.3 Å². The highest BCUT2D eigenvalue weighted by Crippen LogP contribution is 2.74. The first-order valence-electron chi connectivity index (χ1n) is 17.9. The number of carboxylic acid groups (broad SMARTS) is 1. The summed E-state index contributed by atoms with van der Waals surface area (Å²) in [6.07, 6.45) is 7.24. The van der Waals surface area contributed by atoms with Gasteiger partial charge in [0.15, 0.2) is 0 Å². The van der Waals surface area contributed by atoms with Crippen molar-refractivity contribution in [1.82, 2.24) is 10.2 Å². The summed E-state index contributed by atoms with van der Waals surface area (Å²) >= 11 is 0. The van der Waals surface area contributed by atoms with Gasteiger partial charge in [-0.05, 0) is 111 Å². The van der Waals surface area contributed by atoms with Crippen molar-refractivity contribution in [2.75, 3.05) is 39.3 Å². The summed E-state index contributed by atoms with van der Waals surface area (Å²) in [7, 11) is 0. The minimum atomic E-state index is -0.940. The normalized spacial score (nSPS) is 39.7. The lowest BCUT2D eigenvalue weighted by molar-refractivity contribution is -0.227. The molecule has 4 saturated carbocycles. The van der Waals surface area contributed by atoms with Crippen LogP contribution in [-0.4, -0.2) is 84.6 Å². The van der Waals surface area contributed by atoms with Crippen LogP contribution in [0.5, 0.6) is 0 Å². The molecule has 4 fully saturated rings. The topological polar surface area (TPSA) is 151 Å². The van der Waals surface area contributed by atoms with Crippen LogP contribution in [0.25, 0.3) is 0 Å². The first-order valence-corrected chi connectivity index (χ1v) is 17.9. The molecule has 0 aromatic carbocycles. The van der Waals surface area contributed by atoms with Crippen molar-refractivity contribution >= 4 is 11.9 Å². The summed E-state index contributed by atoms with van der Waals surface area (Å²) in [4.78, 5) is 27.5. The number of nitrogens with two attached hydrogens (primary N) is 2. The molecule has 0 saturated heterocycles. The van der Waals surface area contributed by atoms with Crippen LogP contribution in [0.15, 0.2) is 22.8 Å². The van der Waals surface area contributed by atoms with Crippen LogP contribution < -0.4 is 16.8 Å². The molecule has 4 aliphatic carbocycles. The van der Waals surface area contributed by atoms with E-state index in [1.54, 1.807) is 0 Å². The smallest absolute Gasteiger partial charge is 0.331 e. The van der Waals surface area contributed by atoms with Gasteiger partial charge in [-0.2, -0.15) is 0 Å². The lowest BCUT2D eigenvalue weighted by Gasteiger charge is -2.69. The lowest BCUT2D eigenvalue weighted by atomic mass is 9.36. The zero-order valence-electron chi connectivity index (χ0n) is 29.7. The third-order valence-electron chi connectivity index (χ3n) is 13.3. The van der Waals surface area contributed by atoms with Gasteiger partial charge in [0.05, 0.1) is 6.10 Å². The average molecular weight is 645 g/mol. The minimum absolute atomic E-state index is 0.0361. The van der Waals surface area contributed by atoms with Gasteiger partial charge in [0.25, 0.3) is 0 Å². The third-order valence-corrected chi connectivity index (χ3v) is 13.3. The Kier molecular flexibility index (Phi) is 11.9. The number of rotatable bonds is 13. The molecule has 9 heteroatoms. The maximum atomic E-state index is 12.8. The maximum Gasteiger partial charge on any atom is 0.331 e. The minimum Gasteiger partial charge on any atom is -0.478 e. The Balaban J connectivity index is 1.62. The molecule has 0 aromatic heterocycles. The van der Waals surface area contributed by atoms with Gasteiger partial charge >= 0.3 is 11.9 Å². The fraction of sp³-hybridized carbons (Fsp3) is 0.838. The number of nitrogens with one attached hydrogen (secondary N) is 1. The van der Waals surface area contributed by atoms with Crippen LogP contribution in [0.4, 0.5) is 0 Å². The van der Waals surface area contributed by atoms with Gasteiger partial charge in [0, 0.05) is 57.8 Å². The van der Waals surface area contributed by atoms with Crippen molar-refractivity contribution in [3.63, 3.8) is 0 Å². The van der Waals surface area contributed by atoms with E-state index in [1.807, 2.05) is 13.8 Å². The molecule has 0 aliphatic heterocycles. The molecule has 46 heavy (non-hydrogen) atoms. The molecule has 0 amide bonds. The molecular formula is C37H64N4O5. The summed E-state index contributed by atoms with van der Waals surface area (Å²) < 4.78 is 5.96. The van der Waals surface area contributed by atoms with E-state index in [4.69, 9.17) is 16.2 Å². The number of allylic oxidation sites excluding steroid dienone is 2. The molecular weight excluding hydrogens is 580 g/mol. The second-order valence-electron chi connectivity index (χ2n) is 16.1. The summed E-state index contributed by atoms with van der Waals surface area (Å²) in [6, 6.07) is 0.428. The van der Waals surface area contributed by atoms with E-state index in [0.29, 0.717) is 62.2 Å². The number of ether oxygens (including phenoxy) is 1. The number of nitrogens with zero attached hydrogens (tertiary/aromatic N) is 1. The number of carboxylic acids is 1. The molecule has 3 unspecified atom stereocenters. The van der Waals surface area contributed by atoms with Crippen LogP contribution in [0, 0.1) is 39.9 Å². The number of aliphatic carboxylic acids is 1. The van der Waals surface area contributed by atoms with Crippen LogP contribution in [0.3, 0.4) is 0 Å². The van der Waals surface area contributed by atoms with Crippen molar-refractivity contribution in [2.45, 2.75) is 118 Å². The van der Waals surface area contributed by atoms with Gasteiger partial charge in [-0.15, -0.1) is 0 Å². The Morgan fingerprint density at radius 1 is 1.04 bits per heavy atom. The molecule has 9 nitrogen and oxygen atoms in total. The fourth-order valence-electron chi connectivity index (χ4n) is 11.2. The monoisotopic (exact) mass is 644 g/mol. The van der Waals surface area contributed by atoms with E-state index in [1.165, 1.54) is 6.92 Å². The molecule has 0 bridgehead atoms. The number of fused-ring (bicyclic) bond motifs is 5. The number of carbonyl (C=O) groups excluding carboxylic acids is 1. The van der Waals surface area contributed by atoms with Gasteiger partial charge in [0.1, 0.15) is 6.10 Å². The van der Waals surface area contributed by atoms with Gasteiger partial charge in [-0.1, -0.05) is 39.3 Å². The molecule has 262 valence electrons. The van der Waals surface area contributed by atoms with Gasteiger partial charge in [0.2, 0.25) is 0 Å². The highest BCUT2D eigenvalue weighted by Gasteiger charge is 2.70. The van der Waals surface area contributed by atoms with Gasteiger partial charge in [-0.25, -0.2) is 4.79 Å². The Morgan fingerprint density at radius 2 is 1.72 bits per heavy atom. The predicted molar refractivity (Wildman–Crippen MR) is 183 cm³/mol. The number of carbonyl (C=O) groups is 2. The Morgan fingerprint density at radius 3 is 2.30 bits per heavy atom. The first kappa shape index (κ1) is 37.0. The molecule has 4 aliphatic rings. The molecule has 0 heterocycles. The molecule has 4 rings (SSSR count). The van der Waals surface area contributed by atoms with E-state index in [2.05, 4.69) is 44.0 Å². The highest BCUT2D eigenvalue weighted by molar-refractivity contribution is 5.88. The largest absolute Gasteiger partial charge is 0.478 e. The van der Waals surface area contributed by atoms with Crippen molar-refractivity contribution in [3.05, 3.63) is 22.8 Å². The van der Waals surface area contributed by atoms with Crippen LogP contribution >= 0.6 is 0 Å². The van der Waals surface area contributed by atoms with Gasteiger partial charge < -0.3 is 31.7 Å². The molecule has 0 radical (unpaired) electrons. The zero-order chi connectivity index (χ0) is 34.0. The first-order chi connectivity index (χ1) is 21.6. The Hall–Kier alpha value is -1.78. The number of esters is 1. The van der Waals surface area contributed by atoms with Crippen LogP contribution in [0.1, 0.15) is 99.8 Å². The third kappa shape index (κ3) is 6.87. The summed E-state index contributed by atoms with van der Waals surface area (Å²) in [5, 5.41) is 26.6. The number of hydrogen-bond acceptors (Lipinski definition) is 8. The summed E-state index contributed by atoms with van der Waals surface area (Å²) in [5.74, 6) is -0.429. The summed E-state index contributed by atoms with van der Waals surface area (Å²) in [6.45, 7) is 19.8. The molecule has 0 aromatic rings. The number of hydrogen-bond donors (Lipinski definition) is 5. The molecule has 7 N–H and O–H groups in total. The summed E-state index contributed by atoms with van der Waals surface area (Å²) in [5.41, 5.74) is 13.3. The van der Waals surface area contributed by atoms with E-state index in [-0.39, 0.29) is 34.1 Å². The molecule has 10 atom stereocenters. The zero-order valence-corrected chi connectivity index (χ0v) is 29.7. The quantitative estimate of drug-likeness (QED) is 0.111. The fourth-order valence-corrected chi connectivity index (χ4v) is 11.2. The van der Waals surface area contributed by atoms with Gasteiger partial charge in [-0.3, -0.25) is 9.69 Å². The van der Waals surface area contributed by atoms with Crippen LogP contribution in [0.2, 0.25) is 0 Å². The number of aliphatic hydroxyl groups is 1. The van der Waals surface area contributed by atoms with Crippen molar-refractivity contribution < 1.29 is 24.5 Å². The standard InChI is InChI=1S/C37H64N4O5/c1-23(2)9-8-10-26(34(44)45)32-28-21-30(43)33-35(5)13-12-29(40-17-20-41(18-15-38)19-16-39)24(3)27(35)11-14-36(33,6)37(28,7)22-31(32)46-25(4)42/h9,24,27-31,33,40,43H,8,10-22,38-39H2,1-7H3,(H,44,45)/b32-26-/t24-,27?,28?,29?,30+,31-,33-,35-,36-,37-/m0/s1. The average Bonchev–Trinajstić information content (AvgIpc) is 3.23. The van der Waals surface area contributed by atoms with Crippen molar-refractivity contribution in [3.8, 4) is 0 Å². The van der Waals surface area contributed by atoms with E-state index >= 15 is 0 Å².